The number of hydrogen-bond donors (Lipinski definition) is 1. The van der Waals surface area contributed by atoms with E-state index in [4.69, 9.17) is 4.74 Å². The molecule has 0 unspecified atom stereocenters. The molecule has 0 aliphatic carbocycles. The zero-order valence-electron chi connectivity index (χ0n) is 11.0. The Labute approximate surface area is 118 Å². The van der Waals surface area contributed by atoms with Crippen molar-refractivity contribution in [2.75, 3.05) is 19.7 Å². The second kappa shape index (κ2) is 7.15. The van der Waals surface area contributed by atoms with Crippen LogP contribution in [0.3, 0.4) is 0 Å². The summed E-state index contributed by atoms with van der Waals surface area (Å²) in [5.41, 5.74) is 1.23. The van der Waals surface area contributed by atoms with E-state index >= 15 is 0 Å². The molecule has 100 valence electrons. The van der Waals surface area contributed by atoms with Crippen LogP contribution in [0.1, 0.15) is 31.2 Å². The van der Waals surface area contributed by atoms with E-state index in [1.165, 1.54) is 44.3 Å². The number of piperidine rings is 1. The standard InChI is InChI=1S/C15H22BrNO/c1-12-11-14(4-5-15(12)16)18-10-2-3-13-6-8-17-9-7-13/h4-5,11,13,17H,2-3,6-10H2,1H3. The summed E-state index contributed by atoms with van der Waals surface area (Å²) in [5, 5.41) is 3.41. The van der Waals surface area contributed by atoms with Crippen molar-refractivity contribution in [3.05, 3.63) is 28.2 Å². The van der Waals surface area contributed by atoms with Crippen LogP contribution in [0, 0.1) is 12.8 Å². The van der Waals surface area contributed by atoms with E-state index < -0.39 is 0 Å². The first-order valence-corrected chi connectivity index (χ1v) is 7.64. The largest absolute Gasteiger partial charge is 0.494 e. The summed E-state index contributed by atoms with van der Waals surface area (Å²) >= 11 is 3.50. The molecule has 18 heavy (non-hydrogen) atoms. The van der Waals surface area contributed by atoms with Gasteiger partial charge in [0.25, 0.3) is 0 Å². The van der Waals surface area contributed by atoms with Gasteiger partial charge in [-0.15, -0.1) is 0 Å². The van der Waals surface area contributed by atoms with Crippen LogP contribution in [-0.4, -0.2) is 19.7 Å². The van der Waals surface area contributed by atoms with E-state index in [9.17, 15) is 0 Å². The SMILES string of the molecule is Cc1cc(OCCCC2CCNCC2)ccc1Br. The normalized spacial score (nSPS) is 16.8. The van der Waals surface area contributed by atoms with Gasteiger partial charge in [0.2, 0.25) is 0 Å². The predicted molar refractivity (Wildman–Crippen MR) is 79.2 cm³/mol. The molecule has 1 heterocycles. The maximum atomic E-state index is 5.80. The van der Waals surface area contributed by atoms with Crippen LogP contribution in [0.25, 0.3) is 0 Å². The smallest absolute Gasteiger partial charge is 0.119 e. The third kappa shape index (κ3) is 4.29. The van der Waals surface area contributed by atoms with E-state index in [1.807, 2.05) is 6.07 Å². The average molecular weight is 312 g/mol. The van der Waals surface area contributed by atoms with Gasteiger partial charge in [-0.3, -0.25) is 0 Å². The number of halogens is 1. The summed E-state index contributed by atoms with van der Waals surface area (Å²) in [6.07, 6.45) is 5.13. The Balaban J connectivity index is 1.66. The number of rotatable bonds is 5. The van der Waals surface area contributed by atoms with Crippen molar-refractivity contribution in [2.24, 2.45) is 5.92 Å². The Kier molecular flexibility index (Phi) is 5.51. The second-order valence-corrected chi connectivity index (χ2v) is 5.95. The third-order valence-corrected chi connectivity index (χ3v) is 4.50. The number of hydrogen-bond acceptors (Lipinski definition) is 2. The van der Waals surface area contributed by atoms with Crippen LogP contribution in [-0.2, 0) is 0 Å². The van der Waals surface area contributed by atoms with Crippen molar-refractivity contribution in [3.63, 3.8) is 0 Å². The fourth-order valence-electron chi connectivity index (χ4n) is 2.44. The molecule has 0 amide bonds. The van der Waals surface area contributed by atoms with Crippen LogP contribution in [0.5, 0.6) is 5.75 Å². The van der Waals surface area contributed by atoms with Gasteiger partial charge in [-0.05, 0) is 75.4 Å². The maximum Gasteiger partial charge on any atom is 0.119 e. The van der Waals surface area contributed by atoms with Gasteiger partial charge in [0.15, 0.2) is 0 Å². The quantitative estimate of drug-likeness (QED) is 0.832. The highest BCUT2D eigenvalue weighted by atomic mass is 79.9. The summed E-state index contributed by atoms with van der Waals surface area (Å²) in [4.78, 5) is 0. The molecular formula is C15H22BrNO. The maximum absolute atomic E-state index is 5.80. The molecule has 2 rings (SSSR count). The first-order valence-electron chi connectivity index (χ1n) is 6.85. The molecule has 1 aliphatic heterocycles. The Hall–Kier alpha value is -0.540. The van der Waals surface area contributed by atoms with Crippen molar-refractivity contribution in [1.29, 1.82) is 0 Å². The Bertz CT molecular complexity index is 375. The molecule has 0 radical (unpaired) electrons. The molecule has 2 nitrogen and oxygen atoms in total. The van der Waals surface area contributed by atoms with Crippen molar-refractivity contribution >= 4 is 15.9 Å². The number of benzene rings is 1. The molecular weight excluding hydrogens is 290 g/mol. The average Bonchev–Trinajstić information content (AvgIpc) is 2.40. The lowest BCUT2D eigenvalue weighted by Gasteiger charge is -2.22. The van der Waals surface area contributed by atoms with E-state index in [2.05, 4.69) is 40.3 Å². The second-order valence-electron chi connectivity index (χ2n) is 5.10. The summed E-state index contributed by atoms with van der Waals surface area (Å²) in [7, 11) is 0. The molecule has 0 saturated carbocycles. The zero-order chi connectivity index (χ0) is 12.8. The van der Waals surface area contributed by atoms with Gasteiger partial charge in [0.1, 0.15) is 5.75 Å². The van der Waals surface area contributed by atoms with Crippen molar-refractivity contribution in [3.8, 4) is 5.75 Å². The number of ether oxygens (including phenoxy) is 1. The molecule has 3 heteroatoms. The molecule has 1 aliphatic rings. The van der Waals surface area contributed by atoms with Gasteiger partial charge in [-0.25, -0.2) is 0 Å². The van der Waals surface area contributed by atoms with E-state index in [1.54, 1.807) is 0 Å². The van der Waals surface area contributed by atoms with Gasteiger partial charge in [-0.2, -0.15) is 0 Å². The van der Waals surface area contributed by atoms with E-state index in [0.717, 1.165) is 22.7 Å². The molecule has 1 fully saturated rings. The summed E-state index contributed by atoms with van der Waals surface area (Å²) in [6.45, 7) is 5.31. The molecule has 1 saturated heterocycles. The lowest BCUT2D eigenvalue weighted by Crippen LogP contribution is -2.27. The molecule has 0 bridgehead atoms. The van der Waals surface area contributed by atoms with E-state index in [0.29, 0.717) is 0 Å². The van der Waals surface area contributed by atoms with Gasteiger partial charge in [0, 0.05) is 4.47 Å². The fraction of sp³-hybridized carbons (Fsp3) is 0.600. The highest BCUT2D eigenvalue weighted by Gasteiger charge is 2.12. The van der Waals surface area contributed by atoms with Crippen molar-refractivity contribution < 1.29 is 4.74 Å². The Morgan fingerprint density at radius 2 is 2.11 bits per heavy atom. The molecule has 0 spiro atoms. The third-order valence-electron chi connectivity index (χ3n) is 3.61. The minimum absolute atomic E-state index is 0.838. The van der Waals surface area contributed by atoms with Gasteiger partial charge < -0.3 is 10.1 Å². The molecule has 0 aromatic heterocycles. The van der Waals surface area contributed by atoms with Crippen LogP contribution in [0.4, 0.5) is 0 Å². The Morgan fingerprint density at radius 3 is 2.83 bits per heavy atom. The van der Waals surface area contributed by atoms with Gasteiger partial charge >= 0.3 is 0 Å². The fourth-order valence-corrected chi connectivity index (χ4v) is 2.69. The molecule has 1 aromatic carbocycles. The number of nitrogens with one attached hydrogen (secondary N) is 1. The van der Waals surface area contributed by atoms with Crippen molar-refractivity contribution in [2.45, 2.75) is 32.6 Å². The lowest BCUT2D eigenvalue weighted by molar-refractivity contribution is 0.273. The van der Waals surface area contributed by atoms with Crippen LogP contribution >= 0.6 is 15.9 Å². The summed E-state index contributed by atoms with van der Waals surface area (Å²) < 4.78 is 6.94. The van der Waals surface area contributed by atoms with Crippen LogP contribution < -0.4 is 10.1 Å². The zero-order valence-corrected chi connectivity index (χ0v) is 12.6. The number of aryl methyl sites for hydroxylation is 1. The van der Waals surface area contributed by atoms with Gasteiger partial charge in [0.05, 0.1) is 6.61 Å². The minimum Gasteiger partial charge on any atom is -0.494 e. The lowest BCUT2D eigenvalue weighted by atomic mass is 9.93. The minimum atomic E-state index is 0.838. The first-order chi connectivity index (χ1) is 8.75. The first kappa shape index (κ1) is 13.9. The molecule has 0 atom stereocenters. The summed E-state index contributed by atoms with van der Waals surface area (Å²) in [6, 6.07) is 6.17. The van der Waals surface area contributed by atoms with Crippen molar-refractivity contribution in [1.82, 2.24) is 5.32 Å². The van der Waals surface area contributed by atoms with E-state index in [-0.39, 0.29) is 0 Å². The molecule has 1 aromatic rings. The Morgan fingerprint density at radius 1 is 1.33 bits per heavy atom. The highest BCUT2D eigenvalue weighted by molar-refractivity contribution is 9.10. The van der Waals surface area contributed by atoms with Gasteiger partial charge in [-0.1, -0.05) is 15.9 Å². The topological polar surface area (TPSA) is 21.3 Å². The highest BCUT2D eigenvalue weighted by Crippen LogP contribution is 2.22. The monoisotopic (exact) mass is 311 g/mol. The molecule has 1 N–H and O–H groups in total. The summed E-state index contributed by atoms with van der Waals surface area (Å²) in [5.74, 6) is 1.89. The van der Waals surface area contributed by atoms with Crippen LogP contribution in [0.2, 0.25) is 0 Å². The van der Waals surface area contributed by atoms with Crippen LogP contribution in [0.15, 0.2) is 22.7 Å². The predicted octanol–water partition coefficient (Wildman–Crippen LogP) is 3.92.